The highest BCUT2D eigenvalue weighted by molar-refractivity contribution is 5.75. The molecule has 2 fully saturated rings. The molecule has 0 aromatic rings. The van der Waals surface area contributed by atoms with E-state index in [-0.39, 0.29) is 30.2 Å². The minimum atomic E-state index is -0.404. The summed E-state index contributed by atoms with van der Waals surface area (Å²) < 4.78 is 11.3. The molecule has 1 spiro atoms. The number of rotatable bonds is 6. The molecule has 1 saturated carbocycles. The molecule has 0 aromatic heterocycles. The van der Waals surface area contributed by atoms with E-state index in [4.69, 9.17) is 15.9 Å². The molecule has 3 atom stereocenters. The lowest BCUT2D eigenvalue weighted by atomic mass is 9.57. The number of carbonyl (C=O) groups is 1. The molecule has 2 amide bonds. The van der Waals surface area contributed by atoms with Gasteiger partial charge in [0.15, 0.2) is 0 Å². The molecule has 2 rings (SSSR count). The smallest absolute Gasteiger partial charge is 0.315 e. The SMILES string of the molecule is C#CCC(CO)NC(=O)NC1CC(OCC)C12CCOCC2. The molecule has 3 N–H and O–H groups in total. The minimum Gasteiger partial charge on any atom is -0.394 e. The molecule has 2 aliphatic rings. The van der Waals surface area contributed by atoms with Crippen LogP contribution in [0.3, 0.4) is 0 Å². The van der Waals surface area contributed by atoms with Crippen molar-refractivity contribution in [2.75, 3.05) is 26.4 Å². The van der Waals surface area contributed by atoms with E-state index in [0.717, 1.165) is 19.3 Å². The lowest BCUT2D eigenvalue weighted by Gasteiger charge is -2.57. The van der Waals surface area contributed by atoms with Crippen LogP contribution in [0.5, 0.6) is 0 Å². The van der Waals surface area contributed by atoms with Crippen LogP contribution in [0.15, 0.2) is 0 Å². The van der Waals surface area contributed by atoms with Crippen LogP contribution in [-0.2, 0) is 9.47 Å². The number of nitrogens with one attached hydrogen (secondary N) is 2. The van der Waals surface area contributed by atoms with E-state index in [1.165, 1.54) is 0 Å². The van der Waals surface area contributed by atoms with Crippen molar-refractivity contribution >= 4 is 6.03 Å². The zero-order valence-electron chi connectivity index (χ0n) is 13.1. The lowest BCUT2D eigenvalue weighted by molar-refractivity contribution is -0.169. The van der Waals surface area contributed by atoms with Crippen LogP contribution in [-0.4, -0.2) is 55.8 Å². The monoisotopic (exact) mass is 310 g/mol. The molecule has 3 unspecified atom stereocenters. The second-order valence-corrected chi connectivity index (χ2v) is 5.98. The fraction of sp³-hybridized carbons (Fsp3) is 0.812. The quantitative estimate of drug-likeness (QED) is 0.629. The Morgan fingerprint density at radius 3 is 2.86 bits per heavy atom. The number of carbonyl (C=O) groups excluding carboxylic acids is 1. The molecular formula is C16H26N2O4. The first-order valence-corrected chi connectivity index (χ1v) is 7.97. The highest BCUT2D eigenvalue weighted by Crippen LogP contribution is 2.50. The normalized spacial score (nSPS) is 27.5. The Balaban J connectivity index is 1.91. The second-order valence-electron chi connectivity index (χ2n) is 5.98. The number of hydrogen-bond donors (Lipinski definition) is 3. The van der Waals surface area contributed by atoms with E-state index in [1.54, 1.807) is 0 Å². The molecule has 1 aliphatic carbocycles. The van der Waals surface area contributed by atoms with Crippen LogP contribution in [0, 0.1) is 17.8 Å². The first-order valence-electron chi connectivity index (χ1n) is 7.97. The maximum atomic E-state index is 12.1. The Labute approximate surface area is 131 Å². The van der Waals surface area contributed by atoms with Gasteiger partial charge in [0.1, 0.15) is 0 Å². The van der Waals surface area contributed by atoms with Gasteiger partial charge in [-0.25, -0.2) is 4.79 Å². The molecule has 1 heterocycles. The summed E-state index contributed by atoms with van der Waals surface area (Å²) in [6, 6.07) is -0.600. The van der Waals surface area contributed by atoms with E-state index >= 15 is 0 Å². The predicted octanol–water partition coefficient (Wildman–Crippen LogP) is 0.644. The van der Waals surface area contributed by atoms with Gasteiger partial charge in [0.05, 0.1) is 18.8 Å². The first kappa shape index (κ1) is 17.1. The van der Waals surface area contributed by atoms with Crippen molar-refractivity contribution in [3.63, 3.8) is 0 Å². The van der Waals surface area contributed by atoms with Gasteiger partial charge in [0, 0.05) is 37.7 Å². The summed E-state index contributed by atoms with van der Waals surface area (Å²) in [5.41, 5.74) is -0.0214. The van der Waals surface area contributed by atoms with E-state index in [2.05, 4.69) is 16.6 Å². The Kier molecular flexibility index (Phi) is 6.07. The van der Waals surface area contributed by atoms with Crippen LogP contribution in [0.4, 0.5) is 4.79 Å². The number of hydrogen-bond acceptors (Lipinski definition) is 4. The molecule has 0 radical (unpaired) electrons. The van der Waals surface area contributed by atoms with Crippen molar-refractivity contribution in [3.8, 4) is 12.3 Å². The van der Waals surface area contributed by atoms with Gasteiger partial charge in [-0.2, -0.15) is 0 Å². The third-order valence-electron chi connectivity index (χ3n) is 4.80. The molecule has 1 aliphatic heterocycles. The number of ether oxygens (including phenoxy) is 2. The first-order chi connectivity index (χ1) is 10.7. The Hall–Kier alpha value is -1.29. The largest absolute Gasteiger partial charge is 0.394 e. The van der Waals surface area contributed by atoms with Crippen LogP contribution >= 0.6 is 0 Å². The predicted molar refractivity (Wildman–Crippen MR) is 82.3 cm³/mol. The summed E-state index contributed by atoms with van der Waals surface area (Å²) in [4.78, 5) is 12.1. The van der Waals surface area contributed by atoms with E-state index in [1.807, 2.05) is 6.92 Å². The number of urea groups is 1. The third kappa shape index (κ3) is 3.54. The van der Waals surface area contributed by atoms with Gasteiger partial charge in [-0.3, -0.25) is 0 Å². The number of aliphatic hydroxyl groups is 1. The average molecular weight is 310 g/mol. The van der Waals surface area contributed by atoms with Crippen molar-refractivity contribution in [1.82, 2.24) is 10.6 Å². The van der Waals surface area contributed by atoms with Gasteiger partial charge in [0.2, 0.25) is 0 Å². The van der Waals surface area contributed by atoms with Crippen LogP contribution in [0.2, 0.25) is 0 Å². The Morgan fingerprint density at radius 1 is 1.55 bits per heavy atom. The Morgan fingerprint density at radius 2 is 2.27 bits per heavy atom. The summed E-state index contributed by atoms with van der Waals surface area (Å²) in [5, 5.41) is 14.9. The summed E-state index contributed by atoms with van der Waals surface area (Å²) in [5.74, 6) is 2.45. The number of aliphatic hydroxyl groups excluding tert-OH is 1. The molecular weight excluding hydrogens is 284 g/mol. The molecule has 1 saturated heterocycles. The number of amides is 2. The highest BCUT2D eigenvalue weighted by Gasteiger charge is 2.56. The zero-order valence-corrected chi connectivity index (χ0v) is 13.1. The van der Waals surface area contributed by atoms with Crippen molar-refractivity contribution in [1.29, 1.82) is 0 Å². The average Bonchev–Trinajstić information content (AvgIpc) is 2.54. The summed E-state index contributed by atoms with van der Waals surface area (Å²) in [6.45, 7) is 3.93. The topological polar surface area (TPSA) is 79.8 Å². The van der Waals surface area contributed by atoms with Gasteiger partial charge >= 0.3 is 6.03 Å². The minimum absolute atomic E-state index is 0.0214. The van der Waals surface area contributed by atoms with Gasteiger partial charge in [-0.05, 0) is 26.2 Å². The molecule has 6 nitrogen and oxygen atoms in total. The number of terminal acetylenes is 1. The van der Waals surface area contributed by atoms with Crippen molar-refractivity contribution in [2.45, 2.75) is 50.8 Å². The van der Waals surface area contributed by atoms with Crippen molar-refractivity contribution < 1.29 is 19.4 Å². The van der Waals surface area contributed by atoms with Gasteiger partial charge in [0.25, 0.3) is 0 Å². The lowest BCUT2D eigenvalue weighted by Crippen LogP contribution is -2.67. The standard InChI is InChI=1S/C16H26N2O4/c1-3-5-12(11-19)17-15(20)18-13-10-14(22-4-2)16(13)6-8-21-9-7-16/h1,12-14,19H,4-11H2,2H3,(H2,17,18,20). The molecule has 0 aromatic carbocycles. The Bertz CT molecular complexity index is 415. The molecule has 124 valence electrons. The van der Waals surface area contributed by atoms with E-state index < -0.39 is 6.04 Å². The van der Waals surface area contributed by atoms with E-state index in [9.17, 15) is 9.90 Å². The fourth-order valence-corrected chi connectivity index (χ4v) is 3.50. The zero-order chi connectivity index (χ0) is 16.0. The molecule has 6 heteroatoms. The van der Waals surface area contributed by atoms with Gasteiger partial charge in [-0.15, -0.1) is 12.3 Å². The summed E-state index contributed by atoms with van der Waals surface area (Å²) >= 11 is 0. The van der Waals surface area contributed by atoms with Gasteiger partial charge in [-0.1, -0.05) is 0 Å². The maximum Gasteiger partial charge on any atom is 0.315 e. The molecule has 22 heavy (non-hydrogen) atoms. The van der Waals surface area contributed by atoms with Crippen LogP contribution in [0.25, 0.3) is 0 Å². The second kappa shape index (κ2) is 7.82. The highest BCUT2D eigenvalue weighted by atomic mass is 16.5. The van der Waals surface area contributed by atoms with Crippen LogP contribution in [0.1, 0.15) is 32.6 Å². The third-order valence-corrected chi connectivity index (χ3v) is 4.80. The fourth-order valence-electron chi connectivity index (χ4n) is 3.50. The summed E-state index contributed by atoms with van der Waals surface area (Å²) in [6.07, 6.45) is 8.34. The van der Waals surface area contributed by atoms with E-state index in [0.29, 0.717) is 26.2 Å². The van der Waals surface area contributed by atoms with Crippen LogP contribution < -0.4 is 10.6 Å². The van der Waals surface area contributed by atoms with Crippen molar-refractivity contribution in [2.24, 2.45) is 5.41 Å². The van der Waals surface area contributed by atoms with Crippen molar-refractivity contribution in [3.05, 3.63) is 0 Å². The summed E-state index contributed by atoms with van der Waals surface area (Å²) in [7, 11) is 0. The molecule has 0 bridgehead atoms. The maximum absolute atomic E-state index is 12.1. The van der Waals surface area contributed by atoms with Gasteiger partial charge < -0.3 is 25.2 Å².